The fourth-order valence-electron chi connectivity index (χ4n) is 5.48. The molecule has 0 spiro atoms. The summed E-state index contributed by atoms with van der Waals surface area (Å²) in [5.74, 6) is 0.790. The van der Waals surface area contributed by atoms with Gasteiger partial charge in [0.15, 0.2) is 12.0 Å². The maximum atomic E-state index is 14.8. The van der Waals surface area contributed by atoms with Gasteiger partial charge in [0, 0.05) is 61.8 Å². The molecule has 220 valence electrons. The van der Waals surface area contributed by atoms with Crippen molar-refractivity contribution in [3.05, 3.63) is 60.3 Å². The molecule has 0 bridgehead atoms. The molecule has 3 aromatic rings. The van der Waals surface area contributed by atoms with Crippen LogP contribution in [0.5, 0.6) is 5.75 Å². The number of nitriles is 1. The quantitative estimate of drug-likeness (QED) is 0.437. The number of nitrogens with zero attached hydrogens (tertiary/aromatic N) is 6. The van der Waals surface area contributed by atoms with Crippen LogP contribution in [0.4, 0.5) is 21.6 Å². The van der Waals surface area contributed by atoms with E-state index in [0.717, 1.165) is 25.3 Å². The van der Waals surface area contributed by atoms with E-state index in [2.05, 4.69) is 57.3 Å². The molecule has 0 unspecified atom stereocenters. The number of amides is 1. The Bertz CT molecular complexity index is 1450. The zero-order valence-electron chi connectivity index (χ0n) is 24.1. The first-order valence-corrected chi connectivity index (χ1v) is 14.2. The number of hydrogen-bond donors (Lipinski definition) is 2. The zero-order valence-corrected chi connectivity index (χ0v) is 24.1. The number of carbonyl (C=O) groups is 1. The molecule has 2 fully saturated rings. The van der Waals surface area contributed by atoms with Gasteiger partial charge in [-0.05, 0) is 69.4 Å². The van der Waals surface area contributed by atoms with Crippen molar-refractivity contribution in [1.82, 2.24) is 19.8 Å². The van der Waals surface area contributed by atoms with Crippen molar-refractivity contribution < 1.29 is 19.0 Å². The minimum absolute atomic E-state index is 0.167. The first-order valence-electron chi connectivity index (χ1n) is 14.2. The monoisotopic (exact) mass is 573 g/mol. The number of alkyl halides is 1. The summed E-state index contributed by atoms with van der Waals surface area (Å²) in [4.78, 5) is 27.1. The fraction of sp³-hybridized carbons (Fsp3) is 0.419. The third-order valence-electron chi connectivity index (χ3n) is 7.74. The molecule has 1 amide bonds. The van der Waals surface area contributed by atoms with Gasteiger partial charge in [0.05, 0.1) is 12.1 Å². The molecular weight excluding hydrogens is 537 g/mol. The highest BCUT2D eigenvalue weighted by molar-refractivity contribution is 5.80. The van der Waals surface area contributed by atoms with E-state index < -0.39 is 24.3 Å². The number of benzene rings is 2. The maximum absolute atomic E-state index is 14.8. The summed E-state index contributed by atoms with van der Waals surface area (Å²) in [5.41, 5.74) is 2.94. The first-order chi connectivity index (χ1) is 20.2. The lowest BCUT2D eigenvalue weighted by Crippen LogP contribution is -2.51. The highest BCUT2D eigenvalue weighted by Crippen LogP contribution is 2.29. The van der Waals surface area contributed by atoms with Gasteiger partial charge in [-0.1, -0.05) is 0 Å². The van der Waals surface area contributed by atoms with Crippen molar-refractivity contribution in [2.75, 3.05) is 50.0 Å². The van der Waals surface area contributed by atoms with Crippen LogP contribution in [0.25, 0.3) is 11.4 Å². The number of aromatic nitrogens is 2. The predicted molar refractivity (Wildman–Crippen MR) is 158 cm³/mol. The number of carbonyl (C=O) groups excluding carboxylic acids is 1. The Balaban J connectivity index is 1.25. The van der Waals surface area contributed by atoms with Crippen LogP contribution in [0, 0.1) is 11.3 Å². The molecule has 2 saturated heterocycles. The van der Waals surface area contributed by atoms with E-state index in [9.17, 15) is 19.6 Å². The van der Waals surface area contributed by atoms with E-state index in [1.807, 2.05) is 12.1 Å². The number of aliphatic hydroxyl groups excluding tert-OH is 1. The lowest BCUT2D eigenvalue weighted by atomic mass is 10.0. The average Bonchev–Trinajstić information content (AvgIpc) is 2.98. The molecule has 42 heavy (non-hydrogen) atoms. The van der Waals surface area contributed by atoms with Crippen molar-refractivity contribution in [3.8, 4) is 23.2 Å². The number of rotatable bonds is 7. The molecule has 4 atom stereocenters. The van der Waals surface area contributed by atoms with E-state index in [0.29, 0.717) is 23.2 Å². The molecular formula is C31H36FN7O3. The van der Waals surface area contributed by atoms with Gasteiger partial charge in [-0.15, -0.1) is 0 Å². The smallest absolute Gasteiger partial charge is 0.251 e. The third-order valence-corrected chi connectivity index (χ3v) is 7.74. The van der Waals surface area contributed by atoms with Crippen LogP contribution < -0.4 is 15.0 Å². The normalized spacial score (nSPS) is 21.9. The van der Waals surface area contributed by atoms with Crippen molar-refractivity contribution in [1.29, 1.82) is 5.26 Å². The number of hydrogen-bond acceptors (Lipinski definition) is 9. The number of aliphatic hydroxyl groups is 1. The van der Waals surface area contributed by atoms with E-state index in [4.69, 9.17) is 4.74 Å². The van der Waals surface area contributed by atoms with Gasteiger partial charge in [0.25, 0.3) is 5.91 Å². The number of ether oxygens (including phenoxy) is 1. The number of halogens is 1. The second-order valence-electron chi connectivity index (χ2n) is 11.0. The zero-order chi connectivity index (χ0) is 29.8. The molecule has 2 aromatic carbocycles. The van der Waals surface area contributed by atoms with Gasteiger partial charge < -0.3 is 29.9 Å². The number of piperazine rings is 1. The van der Waals surface area contributed by atoms with Crippen molar-refractivity contribution in [3.63, 3.8) is 0 Å². The molecule has 3 heterocycles. The van der Waals surface area contributed by atoms with Crippen LogP contribution in [0.1, 0.15) is 25.8 Å². The topological polar surface area (TPSA) is 118 Å². The fourth-order valence-corrected chi connectivity index (χ4v) is 5.48. The van der Waals surface area contributed by atoms with E-state index in [1.165, 1.54) is 17.5 Å². The largest absolute Gasteiger partial charge is 0.486 e. The third kappa shape index (κ3) is 6.61. The Morgan fingerprint density at radius 1 is 1.17 bits per heavy atom. The Kier molecular flexibility index (Phi) is 8.85. The summed E-state index contributed by atoms with van der Waals surface area (Å²) < 4.78 is 20.7. The van der Waals surface area contributed by atoms with Crippen LogP contribution in [0.15, 0.2) is 54.7 Å². The highest BCUT2D eigenvalue weighted by atomic mass is 19.1. The van der Waals surface area contributed by atoms with Crippen LogP contribution >= 0.6 is 0 Å². The molecule has 11 heteroatoms. The summed E-state index contributed by atoms with van der Waals surface area (Å²) in [7, 11) is 2.15. The Labute approximate surface area is 245 Å². The molecule has 1 aromatic heterocycles. The van der Waals surface area contributed by atoms with Crippen LogP contribution in [0.3, 0.4) is 0 Å². The molecule has 0 radical (unpaired) electrons. The number of anilines is 3. The average molecular weight is 574 g/mol. The van der Waals surface area contributed by atoms with Gasteiger partial charge >= 0.3 is 0 Å². The molecule has 2 aliphatic rings. The maximum Gasteiger partial charge on any atom is 0.251 e. The molecule has 10 nitrogen and oxygen atoms in total. The van der Waals surface area contributed by atoms with Gasteiger partial charge in [0.2, 0.25) is 0 Å². The van der Waals surface area contributed by atoms with Gasteiger partial charge in [-0.25, -0.2) is 14.4 Å². The number of nitrogens with one attached hydrogen (secondary N) is 1. The summed E-state index contributed by atoms with van der Waals surface area (Å²) in [6, 6.07) is 17.6. The lowest BCUT2D eigenvalue weighted by Gasteiger charge is -2.39. The molecule has 0 saturated carbocycles. The van der Waals surface area contributed by atoms with E-state index in [1.54, 1.807) is 30.5 Å². The second-order valence-corrected chi connectivity index (χ2v) is 11.0. The van der Waals surface area contributed by atoms with E-state index in [-0.39, 0.29) is 30.8 Å². The van der Waals surface area contributed by atoms with Crippen molar-refractivity contribution in [2.45, 2.75) is 44.7 Å². The summed E-state index contributed by atoms with van der Waals surface area (Å²) >= 11 is 0. The summed E-state index contributed by atoms with van der Waals surface area (Å²) in [6.45, 7) is 6.77. The molecule has 2 N–H and O–H groups in total. The Morgan fingerprint density at radius 2 is 1.95 bits per heavy atom. The lowest BCUT2D eigenvalue weighted by molar-refractivity contribution is -0.143. The Hall–Kier alpha value is -4.27. The van der Waals surface area contributed by atoms with Crippen molar-refractivity contribution in [2.24, 2.45) is 0 Å². The predicted octanol–water partition coefficient (Wildman–Crippen LogP) is 3.60. The van der Waals surface area contributed by atoms with Gasteiger partial charge in [-0.3, -0.25) is 4.79 Å². The second kappa shape index (κ2) is 12.7. The number of likely N-dealkylation sites (tertiary alicyclic amines) is 1. The standard InChI is InChI=1S/C31H36FN7O3/c1-20-18-37(3)14-15-39(20)25-7-5-24(6-8-25)35-29-10-12-34-30(36-29)22-4-9-27(23(16-22)17-33)42-28-11-13-38(19-26(28)32)31(41)21(2)40/h4-10,12,16,20-21,26,28,40H,11,13-15,18-19H2,1-3H3,(H,34,35,36)/t20-,21-,26+,28-/m0/s1. The minimum Gasteiger partial charge on any atom is -0.486 e. The molecule has 5 rings (SSSR count). The number of likely N-dealkylation sites (N-methyl/N-ethyl adjacent to an activating group) is 1. The summed E-state index contributed by atoms with van der Waals surface area (Å²) in [5, 5.41) is 22.6. The highest BCUT2D eigenvalue weighted by Gasteiger charge is 2.34. The van der Waals surface area contributed by atoms with Crippen molar-refractivity contribution >= 4 is 23.1 Å². The molecule has 2 aliphatic heterocycles. The Morgan fingerprint density at radius 3 is 2.64 bits per heavy atom. The van der Waals surface area contributed by atoms with Crippen LogP contribution in [-0.4, -0.2) is 95.0 Å². The molecule has 0 aliphatic carbocycles. The van der Waals surface area contributed by atoms with E-state index >= 15 is 0 Å². The minimum atomic E-state index is -1.45. The first kappa shape index (κ1) is 29.2. The van der Waals surface area contributed by atoms with Gasteiger partial charge in [0.1, 0.15) is 29.8 Å². The SMILES string of the molecule is C[C@H](O)C(=O)N1CC[C@H](Oc2ccc(-c3nccc(Nc4ccc(N5CCN(C)C[C@@H]5C)cc4)n3)cc2C#N)[C@H](F)C1. The van der Waals surface area contributed by atoms with Gasteiger partial charge in [-0.2, -0.15) is 5.26 Å². The van der Waals surface area contributed by atoms with Crippen LogP contribution in [0.2, 0.25) is 0 Å². The number of piperidine rings is 1. The summed E-state index contributed by atoms with van der Waals surface area (Å²) in [6.07, 6.45) is -1.54. The van der Waals surface area contributed by atoms with Crippen LogP contribution in [-0.2, 0) is 4.79 Å².